The molecule has 2 unspecified atom stereocenters. The zero-order valence-corrected chi connectivity index (χ0v) is 9.29. The van der Waals surface area contributed by atoms with Crippen molar-refractivity contribution in [2.24, 2.45) is 11.8 Å². The summed E-state index contributed by atoms with van der Waals surface area (Å²) in [6.07, 6.45) is 0. The fourth-order valence-electron chi connectivity index (χ4n) is 2.17. The highest BCUT2D eigenvalue weighted by Crippen LogP contribution is 2.21. The molecule has 1 heterocycles. The molecular formula is C13H17NO. The third kappa shape index (κ3) is 2.10. The topological polar surface area (TPSA) is 29.1 Å². The van der Waals surface area contributed by atoms with E-state index in [0.717, 1.165) is 24.2 Å². The maximum absolute atomic E-state index is 12.2. The van der Waals surface area contributed by atoms with Gasteiger partial charge in [-0.1, -0.05) is 30.7 Å². The summed E-state index contributed by atoms with van der Waals surface area (Å²) < 4.78 is 0. The molecule has 1 aromatic carbocycles. The number of hydrogen-bond acceptors (Lipinski definition) is 2. The summed E-state index contributed by atoms with van der Waals surface area (Å²) in [6.45, 7) is 5.95. The van der Waals surface area contributed by atoms with E-state index in [1.54, 1.807) is 0 Å². The van der Waals surface area contributed by atoms with E-state index >= 15 is 0 Å². The number of ketones is 1. The third-order valence-electron chi connectivity index (χ3n) is 3.16. The molecule has 1 fully saturated rings. The second kappa shape index (κ2) is 4.15. The zero-order chi connectivity index (χ0) is 10.8. The van der Waals surface area contributed by atoms with Crippen molar-refractivity contribution in [1.29, 1.82) is 0 Å². The fraction of sp³-hybridized carbons (Fsp3) is 0.462. The van der Waals surface area contributed by atoms with Gasteiger partial charge in [0.25, 0.3) is 0 Å². The second-order valence-corrected chi connectivity index (χ2v) is 4.48. The van der Waals surface area contributed by atoms with Crippen LogP contribution in [0.3, 0.4) is 0 Å². The molecule has 1 aromatic rings. The van der Waals surface area contributed by atoms with Crippen molar-refractivity contribution in [3.8, 4) is 0 Å². The van der Waals surface area contributed by atoms with E-state index in [0.29, 0.717) is 5.92 Å². The molecule has 0 aromatic heterocycles. The monoisotopic (exact) mass is 203 g/mol. The van der Waals surface area contributed by atoms with Gasteiger partial charge in [-0.3, -0.25) is 4.79 Å². The third-order valence-corrected chi connectivity index (χ3v) is 3.16. The minimum Gasteiger partial charge on any atom is -0.316 e. The predicted molar refractivity (Wildman–Crippen MR) is 61.0 cm³/mol. The second-order valence-electron chi connectivity index (χ2n) is 4.48. The number of carbonyl (C=O) groups excluding carboxylic acids is 1. The number of aryl methyl sites for hydroxylation is 1. The number of rotatable bonds is 2. The number of nitrogens with one attached hydrogen (secondary N) is 1. The van der Waals surface area contributed by atoms with Crippen LogP contribution in [-0.2, 0) is 0 Å². The van der Waals surface area contributed by atoms with Crippen LogP contribution in [0, 0.1) is 18.8 Å². The Kier molecular flexibility index (Phi) is 2.87. The van der Waals surface area contributed by atoms with Gasteiger partial charge in [0.05, 0.1) is 0 Å². The smallest absolute Gasteiger partial charge is 0.167 e. The van der Waals surface area contributed by atoms with Crippen LogP contribution >= 0.6 is 0 Å². The van der Waals surface area contributed by atoms with Crippen molar-refractivity contribution in [1.82, 2.24) is 5.32 Å². The quantitative estimate of drug-likeness (QED) is 0.745. The van der Waals surface area contributed by atoms with Crippen LogP contribution in [0.15, 0.2) is 24.3 Å². The average molecular weight is 203 g/mol. The van der Waals surface area contributed by atoms with Gasteiger partial charge in [0.15, 0.2) is 5.78 Å². The lowest BCUT2D eigenvalue weighted by molar-refractivity contribution is 0.0907. The summed E-state index contributed by atoms with van der Waals surface area (Å²) in [5.41, 5.74) is 2.01. The molecule has 1 aliphatic rings. The molecule has 0 bridgehead atoms. The lowest BCUT2D eigenvalue weighted by Gasteiger charge is -2.12. The summed E-state index contributed by atoms with van der Waals surface area (Å²) in [4.78, 5) is 12.2. The fourth-order valence-corrected chi connectivity index (χ4v) is 2.17. The van der Waals surface area contributed by atoms with E-state index in [4.69, 9.17) is 0 Å². The summed E-state index contributed by atoms with van der Waals surface area (Å²) >= 11 is 0. The van der Waals surface area contributed by atoms with Gasteiger partial charge in [-0.15, -0.1) is 0 Å². The first-order valence-corrected chi connectivity index (χ1v) is 5.50. The first-order chi connectivity index (χ1) is 7.18. The first kappa shape index (κ1) is 10.4. The Bertz CT molecular complexity index is 373. The van der Waals surface area contributed by atoms with Gasteiger partial charge < -0.3 is 5.32 Å². The first-order valence-electron chi connectivity index (χ1n) is 5.50. The average Bonchev–Trinajstić information content (AvgIpc) is 2.63. The molecule has 0 aliphatic carbocycles. The van der Waals surface area contributed by atoms with Crippen LogP contribution in [0.5, 0.6) is 0 Å². The zero-order valence-electron chi connectivity index (χ0n) is 9.29. The molecule has 2 rings (SSSR count). The SMILES string of the molecule is Cc1cccc(C(=O)C2CNCC2C)c1. The molecular weight excluding hydrogens is 186 g/mol. The molecule has 0 saturated carbocycles. The molecule has 15 heavy (non-hydrogen) atoms. The Balaban J connectivity index is 2.20. The summed E-state index contributed by atoms with van der Waals surface area (Å²) in [5.74, 6) is 0.904. The van der Waals surface area contributed by atoms with Crippen molar-refractivity contribution in [2.75, 3.05) is 13.1 Å². The van der Waals surface area contributed by atoms with Crippen molar-refractivity contribution >= 4 is 5.78 Å². The normalized spacial score (nSPS) is 25.5. The van der Waals surface area contributed by atoms with E-state index in [2.05, 4.69) is 12.2 Å². The van der Waals surface area contributed by atoms with E-state index in [1.165, 1.54) is 0 Å². The summed E-state index contributed by atoms with van der Waals surface area (Å²) in [7, 11) is 0. The number of carbonyl (C=O) groups is 1. The highest BCUT2D eigenvalue weighted by Gasteiger charge is 2.29. The Morgan fingerprint density at radius 1 is 1.40 bits per heavy atom. The van der Waals surface area contributed by atoms with Gasteiger partial charge in [-0.25, -0.2) is 0 Å². The summed E-state index contributed by atoms with van der Waals surface area (Å²) in [5, 5.41) is 3.27. The number of benzene rings is 1. The Morgan fingerprint density at radius 2 is 2.20 bits per heavy atom. The standard InChI is InChI=1S/C13H17NO/c1-9-4-3-5-11(6-9)13(15)12-8-14-7-10(12)2/h3-6,10,12,14H,7-8H2,1-2H3. The van der Waals surface area contributed by atoms with Crippen LogP contribution in [-0.4, -0.2) is 18.9 Å². The minimum absolute atomic E-state index is 0.159. The van der Waals surface area contributed by atoms with E-state index in [1.807, 2.05) is 31.2 Å². The Hall–Kier alpha value is -1.15. The predicted octanol–water partition coefficient (Wildman–Crippen LogP) is 2.03. The van der Waals surface area contributed by atoms with Crippen LogP contribution in [0.1, 0.15) is 22.8 Å². The molecule has 1 aliphatic heterocycles. The maximum Gasteiger partial charge on any atom is 0.167 e. The molecule has 1 saturated heterocycles. The Morgan fingerprint density at radius 3 is 2.80 bits per heavy atom. The van der Waals surface area contributed by atoms with Crippen LogP contribution in [0.25, 0.3) is 0 Å². The lowest BCUT2D eigenvalue weighted by atomic mass is 9.89. The van der Waals surface area contributed by atoms with Crippen molar-refractivity contribution in [3.05, 3.63) is 35.4 Å². The van der Waals surface area contributed by atoms with Gasteiger partial charge in [0.2, 0.25) is 0 Å². The van der Waals surface area contributed by atoms with Gasteiger partial charge in [-0.2, -0.15) is 0 Å². The van der Waals surface area contributed by atoms with Gasteiger partial charge in [0.1, 0.15) is 0 Å². The Labute approximate surface area is 90.7 Å². The largest absolute Gasteiger partial charge is 0.316 e. The van der Waals surface area contributed by atoms with Gasteiger partial charge in [0, 0.05) is 18.0 Å². The molecule has 0 amide bonds. The van der Waals surface area contributed by atoms with Gasteiger partial charge in [-0.05, 0) is 25.5 Å². The minimum atomic E-state index is 0.159. The van der Waals surface area contributed by atoms with Crippen molar-refractivity contribution in [2.45, 2.75) is 13.8 Å². The highest BCUT2D eigenvalue weighted by atomic mass is 16.1. The van der Waals surface area contributed by atoms with E-state index < -0.39 is 0 Å². The molecule has 80 valence electrons. The van der Waals surface area contributed by atoms with E-state index in [9.17, 15) is 4.79 Å². The highest BCUT2D eigenvalue weighted by molar-refractivity contribution is 5.98. The van der Waals surface area contributed by atoms with Crippen LogP contribution in [0.4, 0.5) is 0 Å². The molecule has 0 radical (unpaired) electrons. The molecule has 1 N–H and O–H groups in total. The van der Waals surface area contributed by atoms with Crippen LogP contribution < -0.4 is 5.32 Å². The molecule has 2 atom stereocenters. The number of hydrogen-bond donors (Lipinski definition) is 1. The molecule has 2 nitrogen and oxygen atoms in total. The molecule has 2 heteroatoms. The maximum atomic E-state index is 12.2. The van der Waals surface area contributed by atoms with Crippen LogP contribution in [0.2, 0.25) is 0 Å². The number of Topliss-reactive ketones (excluding diaryl/α,β-unsaturated/α-hetero) is 1. The van der Waals surface area contributed by atoms with Gasteiger partial charge >= 0.3 is 0 Å². The summed E-state index contributed by atoms with van der Waals surface area (Å²) in [6, 6.07) is 7.87. The lowest BCUT2D eigenvalue weighted by Crippen LogP contribution is -2.21. The van der Waals surface area contributed by atoms with Crippen molar-refractivity contribution < 1.29 is 4.79 Å². The van der Waals surface area contributed by atoms with Crippen molar-refractivity contribution in [3.63, 3.8) is 0 Å². The molecule has 0 spiro atoms. The van der Waals surface area contributed by atoms with E-state index in [-0.39, 0.29) is 11.7 Å².